The molecule has 0 aliphatic carbocycles. The Kier molecular flexibility index (Phi) is 6.35. The van der Waals surface area contributed by atoms with Crippen molar-refractivity contribution >= 4 is 42.6 Å². The van der Waals surface area contributed by atoms with Crippen molar-refractivity contribution in [3.8, 4) is 17.6 Å². The fraction of sp³-hybridized carbons (Fsp3) is 0.188. The number of nitriles is 1. The van der Waals surface area contributed by atoms with E-state index in [0.717, 1.165) is 28.7 Å². The largest absolute Gasteiger partial charge is 0.524 e. The quantitative estimate of drug-likeness (QED) is 0.250. The number of H-pyrrole nitrogens is 1. The number of hydrogen-bond donors (Lipinski definition) is 5. The molecular weight excluding hydrogens is 435 g/mol. The number of pyridine rings is 1. The van der Waals surface area contributed by atoms with Gasteiger partial charge in [-0.2, -0.15) is 5.26 Å². The van der Waals surface area contributed by atoms with Gasteiger partial charge in [-0.1, -0.05) is 0 Å². The van der Waals surface area contributed by atoms with E-state index in [1.165, 1.54) is 25.3 Å². The van der Waals surface area contributed by atoms with Crippen LogP contribution in [0.1, 0.15) is 11.3 Å². The van der Waals surface area contributed by atoms with Crippen LogP contribution in [0.3, 0.4) is 0 Å². The molecular formula is C16H17N6O6PS. The highest BCUT2D eigenvalue weighted by molar-refractivity contribution is 7.96. The fourth-order valence-electron chi connectivity index (χ4n) is 2.51. The zero-order valence-electron chi connectivity index (χ0n) is 15.7. The number of anilines is 1. The van der Waals surface area contributed by atoms with Crippen molar-refractivity contribution in [2.24, 2.45) is 0 Å². The van der Waals surface area contributed by atoms with Crippen LogP contribution in [0.15, 0.2) is 24.4 Å². The van der Waals surface area contributed by atoms with Crippen molar-refractivity contribution in [2.45, 2.75) is 6.92 Å². The third-order valence-corrected chi connectivity index (χ3v) is 5.07. The molecule has 30 heavy (non-hydrogen) atoms. The Labute approximate surface area is 174 Å². The molecule has 0 radical (unpaired) electrons. The van der Waals surface area contributed by atoms with E-state index >= 15 is 0 Å². The molecule has 0 bridgehead atoms. The smallest absolute Gasteiger partial charge is 0.493 e. The molecule has 0 unspecified atom stereocenters. The number of rotatable bonds is 8. The maximum absolute atomic E-state index is 12.1. The van der Waals surface area contributed by atoms with Crippen LogP contribution in [0.2, 0.25) is 0 Å². The molecule has 0 atom stereocenters. The van der Waals surface area contributed by atoms with E-state index in [-0.39, 0.29) is 23.7 Å². The molecule has 12 nitrogen and oxygen atoms in total. The van der Waals surface area contributed by atoms with Gasteiger partial charge in [-0.3, -0.25) is 19.7 Å². The minimum atomic E-state index is -4.79. The molecule has 0 saturated heterocycles. The third kappa shape index (κ3) is 4.93. The first-order valence-corrected chi connectivity index (χ1v) is 10.6. The molecule has 0 saturated carbocycles. The number of fused-ring (bicyclic) bond motifs is 1. The van der Waals surface area contributed by atoms with E-state index in [0.29, 0.717) is 5.69 Å². The molecule has 158 valence electrons. The lowest BCUT2D eigenvalue weighted by Crippen LogP contribution is -2.25. The summed E-state index contributed by atoms with van der Waals surface area (Å²) in [4.78, 5) is 34.2. The van der Waals surface area contributed by atoms with Crippen LogP contribution in [-0.4, -0.2) is 43.5 Å². The Morgan fingerprint density at radius 2 is 2.20 bits per heavy atom. The van der Waals surface area contributed by atoms with Crippen molar-refractivity contribution in [1.29, 1.82) is 5.26 Å². The van der Waals surface area contributed by atoms with Crippen LogP contribution in [-0.2, 0) is 9.36 Å². The lowest BCUT2D eigenvalue weighted by Gasteiger charge is -2.17. The molecule has 0 fully saturated rings. The second-order valence-electron chi connectivity index (χ2n) is 5.92. The van der Waals surface area contributed by atoms with Gasteiger partial charge in [0.15, 0.2) is 11.5 Å². The third-order valence-electron chi connectivity index (χ3n) is 3.89. The second kappa shape index (κ2) is 8.78. The lowest BCUT2D eigenvalue weighted by molar-refractivity contribution is -0.115. The van der Waals surface area contributed by atoms with E-state index in [9.17, 15) is 9.36 Å². The summed E-state index contributed by atoms with van der Waals surface area (Å²) >= 11 is 1.12. The van der Waals surface area contributed by atoms with E-state index in [4.69, 9.17) is 19.8 Å². The summed E-state index contributed by atoms with van der Waals surface area (Å²) in [7, 11) is -3.47. The van der Waals surface area contributed by atoms with Gasteiger partial charge in [0.1, 0.15) is 17.3 Å². The minimum Gasteiger partial charge on any atom is -0.493 e. The van der Waals surface area contributed by atoms with Gasteiger partial charge in [0.2, 0.25) is 5.91 Å². The van der Waals surface area contributed by atoms with Crippen molar-refractivity contribution in [3.05, 3.63) is 35.7 Å². The number of phosphoric ester groups is 1. The predicted molar refractivity (Wildman–Crippen MR) is 109 cm³/mol. The van der Waals surface area contributed by atoms with E-state index in [2.05, 4.69) is 24.6 Å². The second-order valence-corrected chi connectivity index (χ2v) is 7.92. The molecule has 0 spiro atoms. The average Bonchev–Trinajstić information content (AvgIpc) is 2.65. The number of carbonyl (C=O) groups is 1. The predicted octanol–water partition coefficient (Wildman–Crippen LogP) is 1.66. The maximum Gasteiger partial charge on any atom is 0.524 e. The van der Waals surface area contributed by atoms with E-state index < -0.39 is 13.7 Å². The summed E-state index contributed by atoms with van der Waals surface area (Å²) in [6, 6.07) is 6.18. The normalized spacial score (nSPS) is 11.3. The highest BCUT2D eigenvalue weighted by Gasteiger charge is 2.20. The molecule has 1 amide bonds. The number of hydrogen-bond acceptors (Lipinski definition) is 8. The number of nitrogens with one attached hydrogen (secondary N) is 3. The molecule has 2 aromatic heterocycles. The zero-order chi connectivity index (χ0) is 21.9. The SMILES string of the molecule is COc1ccc(NC(=O)CNSn2[nH]c3c(C)c(C#N)ncc32)cc1OP(=O)(O)O. The Balaban J connectivity index is 1.57. The van der Waals surface area contributed by atoms with Crippen LogP contribution in [0.25, 0.3) is 11.0 Å². The average molecular weight is 452 g/mol. The molecule has 5 N–H and O–H groups in total. The zero-order valence-corrected chi connectivity index (χ0v) is 17.5. The van der Waals surface area contributed by atoms with Gasteiger partial charge in [0, 0.05) is 17.3 Å². The molecule has 0 aliphatic heterocycles. The summed E-state index contributed by atoms with van der Waals surface area (Å²) < 4.78 is 25.1. The van der Waals surface area contributed by atoms with E-state index in [1.807, 2.05) is 6.07 Å². The van der Waals surface area contributed by atoms with E-state index in [1.54, 1.807) is 17.2 Å². The Morgan fingerprint density at radius 1 is 1.43 bits per heavy atom. The van der Waals surface area contributed by atoms with Crippen LogP contribution >= 0.6 is 20.0 Å². The Morgan fingerprint density at radius 3 is 2.87 bits per heavy atom. The number of methoxy groups -OCH3 is 1. The molecule has 1 aromatic carbocycles. The number of amides is 1. The summed E-state index contributed by atoms with van der Waals surface area (Å²) in [6.07, 6.45) is 1.56. The number of phosphoric acid groups is 1. The van der Waals surface area contributed by atoms with Gasteiger partial charge in [-0.15, -0.1) is 0 Å². The van der Waals surface area contributed by atoms with Gasteiger partial charge >= 0.3 is 7.82 Å². The van der Waals surface area contributed by atoms with Gasteiger partial charge < -0.3 is 14.6 Å². The summed E-state index contributed by atoms with van der Waals surface area (Å²) in [5, 5.41) is 14.6. The first-order chi connectivity index (χ1) is 14.2. The highest BCUT2D eigenvalue weighted by atomic mass is 32.2. The number of aromatic nitrogens is 3. The Hall–Kier alpha value is -3.01. The minimum absolute atomic E-state index is 0.0679. The van der Waals surface area contributed by atoms with Crippen molar-refractivity contribution in [2.75, 3.05) is 19.0 Å². The first-order valence-electron chi connectivity index (χ1n) is 8.31. The van der Waals surface area contributed by atoms with Crippen molar-refractivity contribution in [1.82, 2.24) is 18.9 Å². The Bertz CT molecular complexity index is 1180. The standard InChI is InChI=1S/C16H17N6O6PS/c1-9-11(6-17)18-7-12-16(9)21-22(12)30-19-8-15(23)20-10-3-4-13(27-2)14(5-10)28-29(24,25)26/h3-5,7,19,21H,8H2,1-2H3,(H,20,23)(H2,24,25,26). The van der Waals surface area contributed by atoms with Crippen molar-refractivity contribution < 1.29 is 28.4 Å². The highest BCUT2D eigenvalue weighted by Crippen LogP contribution is 2.42. The molecule has 0 aliphatic rings. The van der Waals surface area contributed by atoms with Gasteiger partial charge in [-0.05, 0) is 19.1 Å². The number of aryl methyl sites for hydroxylation is 1. The number of carbonyl (C=O) groups excluding carboxylic acids is 1. The number of nitrogens with zero attached hydrogens (tertiary/aromatic N) is 3. The van der Waals surface area contributed by atoms with Crippen LogP contribution in [0, 0.1) is 18.3 Å². The van der Waals surface area contributed by atoms with Crippen LogP contribution < -0.4 is 19.3 Å². The fourth-order valence-corrected chi connectivity index (χ4v) is 3.61. The van der Waals surface area contributed by atoms with Gasteiger partial charge in [-0.25, -0.2) is 18.4 Å². The number of ether oxygens (including phenoxy) is 1. The summed E-state index contributed by atoms with van der Waals surface area (Å²) in [5.41, 5.74) is 2.94. The number of aromatic amines is 1. The first kappa shape index (κ1) is 21.7. The molecule has 3 aromatic rings. The monoisotopic (exact) mass is 452 g/mol. The lowest BCUT2D eigenvalue weighted by atomic mass is 10.2. The molecule has 3 rings (SSSR count). The summed E-state index contributed by atoms with van der Waals surface area (Å²) in [6.45, 7) is 1.72. The maximum atomic E-state index is 12.1. The molecule has 14 heteroatoms. The number of benzene rings is 1. The van der Waals surface area contributed by atoms with Gasteiger partial charge in [0.25, 0.3) is 0 Å². The topological polar surface area (TPSA) is 175 Å². The summed E-state index contributed by atoms with van der Waals surface area (Å²) in [5.74, 6) is -0.493. The van der Waals surface area contributed by atoms with Crippen LogP contribution in [0.4, 0.5) is 5.69 Å². The van der Waals surface area contributed by atoms with Gasteiger partial charge in [0.05, 0.1) is 37.5 Å². The molecule has 2 heterocycles. The van der Waals surface area contributed by atoms with Crippen LogP contribution in [0.5, 0.6) is 11.5 Å². The van der Waals surface area contributed by atoms with Crippen molar-refractivity contribution in [3.63, 3.8) is 0 Å².